The fourth-order valence-electron chi connectivity index (χ4n) is 3.87. The van der Waals surface area contributed by atoms with E-state index in [0.717, 1.165) is 34.0 Å². The van der Waals surface area contributed by atoms with Crippen LogP contribution in [0, 0.1) is 5.92 Å². The minimum absolute atomic E-state index is 0.157. The highest BCUT2D eigenvalue weighted by atomic mass is 32.1. The Hall–Kier alpha value is -2.61. The maximum atomic E-state index is 12.5. The summed E-state index contributed by atoms with van der Waals surface area (Å²) in [4.78, 5) is 29.6. The van der Waals surface area contributed by atoms with Gasteiger partial charge in [-0.05, 0) is 24.1 Å². The number of nitrogens with zero attached hydrogens (tertiary/aromatic N) is 4. The molecule has 3 heterocycles. The molecule has 0 spiro atoms. The van der Waals surface area contributed by atoms with Crippen LogP contribution in [-0.4, -0.2) is 30.0 Å². The van der Waals surface area contributed by atoms with Crippen molar-refractivity contribution in [3.63, 3.8) is 0 Å². The predicted octanol–water partition coefficient (Wildman–Crippen LogP) is 1.92. The Labute approximate surface area is 140 Å². The molecular formula is C16H13N5O2S. The highest BCUT2D eigenvalue weighted by Crippen LogP contribution is 2.45. The molecule has 2 unspecified atom stereocenters. The Morgan fingerprint density at radius 3 is 2.88 bits per heavy atom. The number of aromatic amines is 1. The molecule has 2 aliphatic rings. The third kappa shape index (κ3) is 1.74. The molecule has 0 saturated heterocycles. The van der Waals surface area contributed by atoms with Crippen molar-refractivity contribution >= 4 is 40.1 Å². The molecule has 1 fully saturated rings. The van der Waals surface area contributed by atoms with Crippen LogP contribution in [0.3, 0.4) is 0 Å². The summed E-state index contributed by atoms with van der Waals surface area (Å²) in [6.45, 7) is 0. The van der Waals surface area contributed by atoms with Crippen LogP contribution in [-0.2, 0) is 11.8 Å². The lowest BCUT2D eigenvalue weighted by Crippen LogP contribution is -2.29. The average molecular weight is 339 g/mol. The van der Waals surface area contributed by atoms with Crippen LogP contribution in [0.25, 0.3) is 11.0 Å². The lowest BCUT2D eigenvalue weighted by molar-refractivity contribution is -0.120. The second-order valence-corrected chi connectivity index (χ2v) is 6.80. The zero-order valence-electron chi connectivity index (χ0n) is 12.8. The number of nitrogens with one attached hydrogen (secondary N) is 1. The topological polar surface area (TPSA) is 93.0 Å². The molecule has 120 valence electrons. The predicted molar refractivity (Wildman–Crippen MR) is 90.1 cm³/mol. The van der Waals surface area contributed by atoms with Crippen molar-refractivity contribution in [3.8, 4) is 0 Å². The van der Waals surface area contributed by atoms with Gasteiger partial charge in [0.1, 0.15) is 16.8 Å². The Kier molecular flexibility index (Phi) is 2.70. The fourth-order valence-corrected chi connectivity index (χ4v) is 4.39. The number of H-pyrrole nitrogens is 1. The third-order valence-corrected chi connectivity index (χ3v) is 5.49. The van der Waals surface area contributed by atoms with E-state index >= 15 is 0 Å². The molecule has 0 amide bonds. The van der Waals surface area contributed by atoms with E-state index in [9.17, 15) is 9.59 Å². The molecule has 5 rings (SSSR count). The van der Waals surface area contributed by atoms with Gasteiger partial charge in [-0.15, -0.1) is 0 Å². The zero-order valence-corrected chi connectivity index (χ0v) is 13.6. The van der Waals surface area contributed by atoms with Crippen LogP contribution in [0.5, 0.6) is 0 Å². The minimum atomic E-state index is -0.343. The molecule has 1 aliphatic heterocycles. The SMILES string of the molecule is Cn1[nH]c(=O)c2c1N=C1CCC(=O)C1C2c1ccc2nsnc2c1. The summed E-state index contributed by atoms with van der Waals surface area (Å²) < 4.78 is 10.1. The molecule has 0 bridgehead atoms. The quantitative estimate of drug-likeness (QED) is 0.733. The minimum Gasteiger partial charge on any atom is -0.299 e. The molecule has 1 aromatic carbocycles. The van der Waals surface area contributed by atoms with Gasteiger partial charge in [0.05, 0.1) is 23.2 Å². The van der Waals surface area contributed by atoms with Gasteiger partial charge in [-0.3, -0.25) is 19.4 Å². The second-order valence-electron chi connectivity index (χ2n) is 6.27. The molecule has 1 N–H and O–H groups in total. The Morgan fingerprint density at radius 1 is 1.17 bits per heavy atom. The van der Waals surface area contributed by atoms with Crippen molar-refractivity contribution in [2.75, 3.05) is 0 Å². The van der Waals surface area contributed by atoms with E-state index in [2.05, 4.69) is 18.8 Å². The van der Waals surface area contributed by atoms with Crippen LogP contribution in [0.4, 0.5) is 5.82 Å². The number of Topliss-reactive ketones (excluding diaryl/α,β-unsaturated/α-hetero) is 1. The van der Waals surface area contributed by atoms with E-state index < -0.39 is 0 Å². The number of aryl methyl sites for hydroxylation is 1. The molecule has 7 nitrogen and oxygen atoms in total. The van der Waals surface area contributed by atoms with E-state index in [-0.39, 0.29) is 23.2 Å². The molecule has 2 atom stereocenters. The monoisotopic (exact) mass is 339 g/mol. The third-order valence-electron chi connectivity index (χ3n) is 4.94. The van der Waals surface area contributed by atoms with Crippen LogP contribution >= 0.6 is 11.7 Å². The summed E-state index contributed by atoms with van der Waals surface area (Å²) in [5, 5.41) is 2.77. The molecule has 3 aromatic rings. The van der Waals surface area contributed by atoms with E-state index in [1.54, 1.807) is 11.7 Å². The first-order valence-electron chi connectivity index (χ1n) is 7.75. The van der Waals surface area contributed by atoms with Gasteiger partial charge < -0.3 is 0 Å². The lowest BCUT2D eigenvalue weighted by Gasteiger charge is -2.26. The van der Waals surface area contributed by atoms with Gasteiger partial charge in [-0.25, -0.2) is 4.99 Å². The Balaban J connectivity index is 1.79. The van der Waals surface area contributed by atoms with Gasteiger partial charge in [0.25, 0.3) is 5.56 Å². The maximum Gasteiger partial charge on any atom is 0.270 e. The number of aromatic nitrogens is 4. The van der Waals surface area contributed by atoms with Crippen LogP contribution in [0.1, 0.15) is 29.9 Å². The molecule has 0 radical (unpaired) electrons. The summed E-state index contributed by atoms with van der Waals surface area (Å²) in [6.07, 6.45) is 1.16. The summed E-state index contributed by atoms with van der Waals surface area (Å²) in [5.74, 6) is 0.134. The normalized spacial score (nSPS) is 22.5. The van der Waals surface area contributed by atoms with E-state index in [1.807, 2.05) is 18.2 Å². The summed E-state index contributed by atoms with van der Waals surface area (Å²) >= 11 is 1.16. The number of carbonyl (C=O) groups is 1. The van der Waals surface area contributed by atoms with Crippen molar-refractivity contribution in [2.45, 2.75) is 18.8 Å². The fraction of sp³-hybridized carbons (Fsp3) is 0.312. The second kappa shape index (κ2) is 4.70. The molecule has 24 heavy (non-hydrogen) atoms. The van der Waals surface area contributed by atoms with E-state index in [4.69, 9.17) is 0 Å². The van der Waals surface area contributed by atoms with Crippen LogP contribution in [0.15, 0.2) is 28.0 Å². The number of benzene rings is 1. The summed E-state index contributed by atoms with van der Waals surface area (Å²) in [6, 6.07) is 5.78. The molecular weight excluding hydrogens is 326 g/mol. The molecule has 2 aromatic heterocycles. The van der Waals surface area contributed by atoms with Crippen molar-refractivity contribution in [1.82, 2.24) is 18.5 Å². The van der Waals surface area contributed by atoms with Gasteiger partial charge >= 0.3 is 0 Å². The number of carbonyl (C=O) groups excluding carboxylic acids is 1. The lowest BCUT2D eigenvalue weighted by atomic mass is 9.77. The number of ketones is 1. The highest BCUT2D eigenvalue weighted by molar-refractivity contribution is 7.00. The van der Waals surface area contributed by atoms with Crippen LogP contribution in [0.2, 0.25) is 0 Å². The number of rotatable bonds is 1. The standard InChI is InChI=1S/C16H13N5O2S/c1-21-15-14(16(23)18-21)12(13-9(17-15)4-5-11(13)22)7-2-3-8-10(6-7)20-24-19-8/h2-3,6,12-13H,4-5H2,1H3,(H,18,23). The average Bonchev–Trinajstić information content (AvgIpc) is 3.25. The van der Waals surface area contributed by atoms with Gasteiger partial charge in [0.2, 0.25) is 0 Å². The number of fused-ring (bicyclic) bond motifs is 3. The molecule has 1 aliphatic carbocycles. The van der Waals surface area contributed by atoms with E-state index in [1.165, 1.54) is 0 Å². The maximum absolute atomic E-state index is 12.5. The Bertz CT molecular complexity index is 1090. The van der Waals surface area contributed by atoms with Crippen molar-refractivity contribution in [3.05, 3.63) is 39.7 Å². The number of hydrogen-bond acceptors (Lipinski definition) is 6. The molecule has 1 saturated carbocycles. The largest absolute Gasteiger partial charge is 0.299 e. The van der Waals surface area contributed by atoms with Gasteiger partial charge in [0, 0.05) is 25.1 Å². The first kappa shape index (κ1) is 13.8. The van der Waals surface area contributed by atoms with Crippen molar-refractivity contribution in [2.24, 2.45) is 18.0 Å². The zero-order chi connectivity index (χ0) is 16.4. The first-order valence-corrected chi connectivity index (χ1v) is 8.48. The van der Waals surface area contributed by atoms with Crippen molar-refractivity contribution < 1.29 is 4.79 Å². The van der Waals surface area contributed by atoms with E-state index in [0.29, 0.717) is 24.2 Å². The van der Waals surface area contributed by atoms with Crippen molar-refractivity contribution in [1.29, 1.82) is 0 Å². The smallest absolute Gasteiger partial charge is 0.270 e. The Morgan fingerprint density at radius 2 is 2.00 bits per heavy atom. The summed E-state index contributed by atoms with van der Waals surface area (Å²) in [7, 11) is 1.77. The highest BCUT2D eigenvalue weighted by Gasteiger charge is 2.44. The number of aliphatic imine (C=N–C) groups is 1. The summed E-state index contributed by atoms with van der Waals surface area (Å²) in [5.41, 5.74) is 3.80. The van der Waals surface area contributed by atoms with Gasteiger partial charge in [0.15, 0.2) is 5.82 Å². The molecule has 8 heteroatoms. The van der Waals surface area contributed by atoms with Gasteiger partial charge in [-0.1, -0.05) is 6.07 Å². The first-order chi connectivity index (χ1) is 11.6. The van der Waals surface area contributed by atoms with Crippen LogP contribution < -0.4 is 5.56 Å². The number of hydrogen-bond donors (Lipinski definition) is 1. The van der Waals surface area contributed by atoms with Gasteiger partial charge in [-0.2, -0.15) is 8.75 Å².